The Balaban J connectivity index is 1.56. The van der Waals surface area contributed by atoms with Crippen molar-refractivity contribution < 1.29 is 29.0 Å². The largest absolute Gasteiger partial charge is 0.445 e. The molecule has 4 rings (SSSR count). The number of nitriles is 1. The fourth-order valence-electron chi connectivity index (χ4n) is 6.34. The molecule has 228 valence electrons. The Morgan fingerprint density at radius 1 is 1.17 bits per heavy atom. The van der Waals surface area contributed by atoms with Crippen molar-refractivity contribution in [1.82, 2.24) is 15.5 Å². The lowest BCUT2D eigenvalue weighted by atomic mass is 9.89. The average molecular weight is 581 g/mol. The Morgan fingerprint density at radius 3 is 2.55 bits per heavy atom. The number of carbonyl (C=O) groups is 3. The zero-order valence-corrected chi connectivity index (χ0v) is 24.7. The van der Waals surface area contributed by atoms with Crippen LogP contribution in [0.1, 0.15) is 77.2 Å². The van der Waals surface area contributed by atoms with E-state index in [4.69, 9.17) is 9.47 Å². The van der Waals surface area contributed by atoms with E-state index in [2.05, 4.69) is 22.8 Å². The van der Waals surface area contributed by atoms with Crippen LogP contribution in [0.5, 0.6) is 0 Å². The molecule has 0 aliphatic carbocycles. The molecule has 3 amide bonds. The summed E-state index contributed by atoms with van der Waals surface area (Å²) in [5.74, 6) is -1.02. The first-order valence-electron chi connectivity index (χ1n) is 15.2. The van der Waals surface area contributed by atoms with Crippen LogP contribution in [0.25, 0.3) is 0 Å². The fraction of sp³-hybridized carbons (Fsp3) is 0.625. The zero-order chi connectivity index (χ0) is 30.1. The Labute approximate surface area is 248 Å². The molecular weight excluding hydrogens is 536 g/mol. The van der Waals surface area contributed by atoms with Gasteiger partial charge in [-0.15, -0.1) is 0 Å². The molecule has 0 radical (unpaired) electrons. The van der Waals surface area contributed by atoms with Crippen LogP contribution in [0.15, 0.2) is 42.5 Å². The minimum atomic E-state index is -1.36. The maximum absolute atomic E-state index is 14.1. The number of carbonyl (C=O) groups excluding carboxylic acids is 3. The predicted molar refractivity (Wildman–Crippen MR) is 156 cm³/mol. The first kappa shape index (κ1) is 31.5. The molecule has 10 nitrogen and oxygen atoms in total. The normalized spacial score (nSPS) is 30.1. The summed E-state index contributed by atoms with van der Waals surface area (Å²) in [6, 6.07) is 8.68. The van der Waals surface area contributed by atoms with Gasteiger partial charge in [0.05, 0.1) is 23.8 Å². The van der Waals surface area contributed by atoms with Crippen LogP contribution >= 0.6 is 0 Å². The van der Waals surface area contributed by atoms with Crippen molar-refractivity contribution in [1.29, 1.82) is 5.26 Å². The van der Waals surface area contributed by atoms with Crippen molar-refractivity contribution in [2.75, 3.05) is 6.54 Å². The van der Waals surface area contributed by atoms with Crippen LogP contribution in [0.2, 0.25) is 0 Å². The van der Waals surface area contributed by atoms with Crippen molar-refractivity contribution in [2.45, 2.75) is 114 Å². The second kappa shape index (κ2) is 14.7. The minimum Gasteiger partial charge on any atom is -0.445 e. The minimum absolute atomic E-state index is 0.0722. The third-order valence-corrected chi connectivity index (χ3v) is 8.41. The first-order chi connectivity index (χ1) is 20.2. The topological polar surface area (TPSA) is 141 Å². The molecule has 3 N–H and O–H groups in total. The summed E-state index contributed by atoms with van der Waals surface area (Å²) in [6.07, 6.45) is 8.16. The van der Waals surface area contributed by atoms with E-state index in [9.17, 15) is 24.8 Å². The molecule has 1 aromatic carbocycles. The quantitative estimate of drug-likeness (QED) is 0.364. The molecule has 3 aliphatic rings. The lowest BCUT2D eigenvalue weighted by molar-refractivity contribution is -0.142. The maximum atomic E-state index is 14.1. The van der Waals surface area contributed by atoms with Crippen molar-refractivity contribution in [3.05, 3.63) is 48.0 Å². The highest BCUT2D eigenvalue weighted by Gasteiger charge is 2.56. The Bertz CT molecular complexity index is 1150. The molecule has 2 fully saturated rings. The van der Waals surface area contributed by atoms with Gasteiger partial charge in [0.2, 0.25) is 11.8 Å². The number of ether oxygens (including phenoxy) is 2. The van der Waals surface area contributed by atoms with Crippen LogP contribution in [0.3, 0.4) is 0 Å². The molecular formula is C32H44N4O6. The number of nitrogens with zero attached hydrogens (tertiary/aromatic N) is 2. The van der Waals surface area contributed by atoms with Crippen molar-refractivity contribution in [3.8, 4) is 6.07 Å². The number of hydrogen-bond donors (Lipinski definition) is 3. The highest BCUT2D eigenvalue weighted by Crippen LogP contribution is 2.43. The summed E-state index contributed by atoms with van der Waals surface area (Å²) >= 11 is 0. The van der Waals surface area contributed by atoms with Gasteiger partial charge < -0.3 is 30.1 Å². The number of aliphatic hydroxyl groups excluding tert-OH is 1. The number of alkyl carbamates (subject to hydrolysis) is 1. The second-order valence-corrected chi connectivity index (χ2v) is 12.2. The molecule has 10 heteroatoms. The van der Waals surface area contributed by atoms with Gasteiger partial charge in [0, 0.05) is 12.5 Å². The molecule has 3 heterocycles. The van der Waals surface area contributed by atoms with Gasteiger partial charge in [-0.25, -0.2) is 4.79 Å². The summed E-state index contributed by atoms with van der Waals surface area (Å²) in [4.78, 5) is 42.3. The van der Waals surface area contributed by atoms with Crippen molar-refractivity contribution in [3.63, 3.8) is 0 Å². The average Bonchev–Trinajstić information content (AvgIpc) is 3.46. The van der Waals surface area contributed by atoms with E-state index in [1.807, 2.05) is 50.2 Å². The van der Waals surface area contributed by atoms with Gasteiger partial charge in [0.1, 0.15) is 18.7 Å². The Kier molecular flexibility index (Phi) is 11.0. The Morgan fingerprint density at radius 2 is 1.86 bits per heavy atom. The number of hydrogen-bond acceptors (Lipinski definition) is 7. The van der Waals surface area contributed by atoms with E-state index >= 15 is 0 Å². The highest BCUT2D eigenvalue weighted by molar-refractivity contribution is 5.92. The molecule has 2 saturated heterocycles. The summed E-state index contributed by atoms with van der Waals surface area (Å²) < 4.78 is 11.7. The highest BCUT2D eigenvalue weighted by atomic mass is 16.5. The van der Waals surface area contributed by atoms with Gasteiger partial charge in [-0.3, -0.25) is 9.59 Å². The summed E-state index contributed by atoms with van der Waals surface area (Å²) in [7, 11) is 0. The van der Waals surface area contributed by atoms with Gasteiger partial charge in [0.15, 0.2) is 6.10 Å². The van der Waals surface area contributed by atoms with Crippen LogP contribution in [0.4, 0.5) is 4.79 Å². The molecule has 0 spiro atoms. The van der Waals surface area contributed by atoms with E-state index < -0.39 is 41.8 Å². The lowest BCUT2D eigenvalue weighted by Gasteiger charge is -2.33. The summed E-state index contributed by atoms with van der Waals surface area (Å²) in [5.41, 5.74) is 0.382. The molecule has 0 aromatic heterocycles. The molecule has 6 atom stereocenters. The third kappa shape index (κ3) is 8.33. The van der Waals surface area contributed by atoms with Gasteiger partial charge in [-0.05, 0) is 64.4 Å². The smallest absolute Gasteiger partial charge is 0.408 e. The lowest BCUT2D eigenvalue weighted by Crippen LogP contribution is -2.57. The van der Waals surface area contributed by atoms with E-state index in [0.29, 0.717) is 25.7 Å². The standard InChI is InChI=1S/C32H44N4O6/c1-32(2)18-23-27(42-32)20-36-28(23)29(38)34-24(26(37)19-33)16-12-7-5-3-4-6-8-13-17-25(30(36)39)35-31(40)41-21-22-14-10-9-11-15-22/h3-4,9-11,14-15,23-28,37H,5-8,12-13,16-18,20-21H2,1-2H3,(H,34,38)(H,35,40)/b4-3+/t23-,24-,25-,26?,27?,28-/m0/s1. The van der Waals surface area contributed by atoms with Gasteiger partial charge in [-0.2, -0.15) is 5.26 Å². The van der Waals surface area contributed by atoms with Gasteiger partial charge >= 0.3 is 6.09 Å². The van der Waals surface area contributed by atoms with Crippen molar-refractivity contribution in [2.24, 2.45) is 5.92 Å². The number of aliphatic hydroxyl groups is 1. The van der Waals surface area contributed by atoms with Crippen LogP contribution < -0.4 is 10.6 Å². The number of benzene rings is 1. The fourth-order valence-corrected chi connectivity index (χ4v) is 6.34. The monoisotopic (exact) mass is 580 g/mol. The predicted octanol–water partition coefficient (Wildman–Crippen LogP) is 3.74. The zero-order valence-electron chi connectivity index (χ0n) is 24.7. The van der Waals surface area contributed by atoms with E-state index in [1.54, 1.807) is 0 Å². The number of nitrogens with one attached hydrogen (secondary N) is 2. The summed E-state index contributed by atoms with van der Waals surface area (Å²) in [5, 5.41) is 25.5. The van der Waals surface area contributed by atoms with E-state index in [-0.39, 0.29) is 31.1 Å². The maximum Gasteiger partial charge on any atom is 0.408 e. The SMILES string of the molecule is CC1(C)C[C@H]2C(CN3C(=O)[C@@H](NC(=O)OCc4ccccc4)CCCC/C=C/CCCC[C@@H](C(O)C#N)NC(=O)[C@H]23)O1. The van der Waals surface area contributed by atoms with Gasteiger partial charge in [-0.1, -0.05) is 55.3 Å². The van der Waals surface area contributed by atoms with Gasteiger partial charge in [0.25, 0.3) is 0 Å². The first-order valence-corrected chi connectivity index (χ1v) is 15.2. The molecule has 1 aromatic rings. The molecule has 42 heavy (non-hydrogen) atoms. The number of fused-ring (bicyclic) bond motifs is 3. The molecule has 0 saturated carbocycles. The molecule has 3 aliphatic heterocycles. The number of allylic oxidation sites excluding steroid dienone is 2. The second-order valence-electron chi connectivity index (χ2n) is 12.2. The van der Waals surface area contributed by atoms with E-state index in [1.165, 1.54) is 4.90 Å². The molecule has 2 unspecified atom stereocenters. The molecule has 0 bridgehead atoms. The van der Waals surface area contributed by atoms with Crippen LogP contribution in [-0.4, -0.2) is 70.4 Å². The van der Waals surface area contributed by atoms with E-state index in [0.717, 1.165) is 37.7 Å². The van der Waals surface area contributed by atoms with Crippen molar-refractivity contribution >= 4 is 17.9 Å². The number of amides is 3. The van der Waals surface area contributed by atoms with Crippen LogP contribution in [-0.2, 0) is 25.7 Å². The number of rotatable bonds is 4. The summed E-state index contributed by atoms with van der Waals surface area (Å²) in [6.45, 7) is 4.23. The third-order valence-electron chi connectivity index (χ3n) is 8.41. The Hall–Kier alpha value is -3.42. The van der Waals surface area contributed by atoms with Crippen LogP contribution in [0, 0.1) is 17.2 Å².